The van der Waals surface area contributed by atoms with Gasteiger partial charge >= 0.3 is 6.03 Å². The van der Waals surface area contributed by atoms with E-state index in [0.717, 1.165) is 31.5 Å². The monoisotopic (exact) mass is 400 g/mol. The van der Waals surface area contributed by atoms with Crippen LogP contribution in [0, 0.1) is 13.8 Å². The van der Waals surface area contributed by atoms with Gasteiger partial charge in [0, 0.05) is 31.5 Å². The van der Waals surface area contributed by atoms with Gasteiger partial charge in [0.1, 0.15) is 0 Å². The molecule has 2 aliphatic heterocycles. The molecule has 0 atom stereocenters. The maximum absolute atomic E-state index is 12.7. The average molecular weight is 401 g/mol. The van der Waals surface area contributed by atoms with Crippen molar-refractivity contribution in [3.63, 3.8) is 0 Å². The van der Waals surface area contributed by atoms with Crippen LogP contribution in [-0.4, -0.2) is 28.6 Å². The Bertz CT molecular complexity index is 1070. The number of fused-ring (bicyclic) bond motifs is 4. The largest absolute Gasteiger partial charge is 0.372 e. The first-order chi connectivity index (χ1) is 14.5. The van der Waals surface area contributed by atoms with Crippen LogP contribution in [0.15, 0.2) is 60.8 Å². The second-order valence-corrected chi connectivity index (χ2v) is 8.62. The lowest BCUT2D eigenvalue weighted by Crippen LogP contribution is -2.52. The third kappa shape index (κ3) is 3.24. The van der Waals surface area contributed by atoms with Crippen molar-refractivity contribution in [1.29, 1.82) is 0 Å². The van der Waals surface area contributed by atoms with Gasteiger partial charge in [-0.25, -0.2) is 4.79 Å². The molecule has 2 N–H and O–H groups in total. The lowest BCUT2D eigenvalue weighted by Gasteiger charge is -2.46. The van der Waals surface area contributed by atoms with E-state index in [-0.39, 0.29) is 11.6 Å². The maximum Gasteiger partial charge on any atom is 0.317 e. The summed E-state index contributed by atoms with van der Waals surface area (Å²) < 4.78 is 2.30. The van der Waals surface area contributed by atoms with Crippen LogP contribution in [0.5, 0.6) is 0 Å². The van der Waals surface area contributed by atoms with E-state index >= 15 is 0 Å². The summed E-state index contributed by atoms with van der Waals surface area (Å²) in [4.78, 5) is 14.7. The number of benzene rings is 2. The molecule has 0 radical (unpaired) electrons. The highest BCUT2D eigenvalue weighted by Crippen LogP contribution is 2.43. The van der Waals surface area contributed by atoms with Crippen molar-refractivity contribution in [3.05, 3.63) is 83.2 Å². The van der Waals surface area contributed by atoms with Gasteiger partial charge in [-0.3, -0.25) is 0 Å². The number of piperidine rings is 1. The fourth-order valence-electron chi connectivity index (χ4n) is 4.73. The molecule has 1 saturated heterocycles. The molecule has 3 aromatic rings. The van der Waals surface area contributed by atoms with Gasteiger partial charge in [-0.2, -0.15) is 0 Å². The molecule has 0 aliphatic carbocycles. The van der Waals surface area contributed by atoms with Gasteiger partial charge in [-0.1, -0.05) is 35.9 Å². The third-order valence-corrected chi connectivity index (χ3v) is 6.49. The Hall–Kier alpha value is -3.21. The van der Waals surface area contributed by atoms with Crippen molar-refractivity contribution >= 4 is 11.7 Å². The lowest BCUT2D eigenvalue weighted by molar-refractivity contribution is 0.162. The molecule has 2 amide bonds. The number of urea groups is 1. The molecule has 5 nitrogen and oxygen atoms in total. The zero-order chi connectivity index (χ0) is 20.7. The fraction of sp³-hybridized carbons (Fsp3) is 0.320. The summed E-state index contributed by atoms with van der Waals surface area (Å²) in [5, 5.41) is 6.92. The van der Waals surface area contributed by atoms with E-state index in [1.165, 1.54) is 28.2 Å². The molecule has 2 aromatic carbocycles. The van der Waals surface area contributed by atoms with Crippen LogP contribution in [0.25, 0.3) is 5.69 Å². The summed E-state index contributed by atoms with van der Waals surface area (Å²) in [7, 11) is 0. The number of aromatic nitrogens is 1. The number of aryl methyl sites for hydroxylation is 2. The lowest BCUT2D eigenvalue weighted by atomic mass is 9.82. The molecule has 2 aliphatic rings. The predicted molar refractivity (Wildman–Crippen MR) is 120 cm³/mol. The zero-order valence-electron chi connectivity index (χ0n) is 17.6. The summed E-state index contributed by atoms with van der Waals surface area (Å²) in [5.41, 5.74) is 7.14. The van der Waals surface area contributed by atoms with E-state index in [0.29, 0.717) is 6.54 Å². The number of carbonyl (C=O) groups is 1. The van der Waals surface area contributed by atoms with Crippen molar-refractivity contribution in [2.24, 2.45) is 0 Å². The smallest absolute Gasteiger partial charge is 0.317 e. The number of nitrogens with one attached hydrogen (secondary N) is 2. The zero-order valence-corrected chi connectivity index (χ0v) is 17.6. The van der Waals surface area contributed by atoms with Gasteiger partial charge in [0.25, 0.3) is 0 Å². The van der Waals surface area contributed by atoms with Crippen LogP contribution in [0.2, 0.25) is 0 Å². The van der Waals surface area contributed by atoms with Gasteiger partial charge in [0.05, 0.1) is 16.9 Å². The Morgan fingerprint density at radius 3 is 2.53 bits per heavy atom. The van der Waals surface area contributed by atoms with Crippen molar-refractivity contribution in [3.8, 4) is 5.69 Å². The molecule has 5 heteroatoms. The molecule has 0 unspecified atom stereocenters. The van der Waals surface area contributed by atoms with E-state index < -0.39 is 0 Å². The number of amides is 2. The maximum atomic E-state index is 12.7. The van der Waals surface area contributed by atoms with E-state index in [2.05, 4.69) is 89.8 Å². The number of hydrogen-bond donors (Lipinski definition) is 2. The Balaban J connectivity index is 1.28. The first-order valence-electron chi connectivity index (χ1n) is 10.7. The first-order valence-corrected chi connectivity index (χ1v) is 10.7. The Morgan fingerprint density at radius 1 is 1.03 bits per heavy atom. The van der Waals surface area contributed by atoms with E-state index in [9.17, 15) is 4.79 Å². The van der Waals surface area contributed by atoms with Gasteiger partial charge < -0.3 is 20.1 Å². The Labute approximate surface area is 177 Å². The normalized spacial score (nSPS) is 16.5. The number of nitrogens with zero attached hydrogens (tertiary/aromatic N) is 2. The molecule has 154 valence electrons. The molecular formula is C25H28N4O. The minimum Gasteiger partial charge on any atom is -0.372 e. The number of hydrogen-bond acceptors (Lipinski definition) is 2. The minimum atomic E-state index is -0.127. The van der Waals surface area contributed by atoms with E-state index in [4.69, 9.17) is 0 Å². The third-order valence-electron chi connectivity index (χ3n) is 6.49. The molecule has 0 bridgehead atoms. The van der Waals surface area contributed by atoms with Gasteiger partial charge in [0.15, 0.2) is 0 Å². The van der Waals surface area contributed by atoms with Crippen LogP contribution >= 0.6 is 0 Å². The summed E-state index contributed by atoms with van der Waals surface area (Å²) >= 11 is 0. The Morgan fingerprint density at radius 2 is 1.77 bits per heavy atom. The average Bonchev–Trinajstić information content (AvgIpc) is 3.25. The number of likely N-dealkylation sites (tertiary alicyclic amines) is 1. The van der Waals surface area contributed by atoms with Gasteiger partial charge in [-0.05, 0) is 62.1 Å². The van der Waals surface area contributed by atoms with Gasteiger partial charge in [0.2, 0.25) is 0 Å². The minimum absolute atomic E-state index is 0.0212. The van der Waals surface area contributed by atoms with Crippen LogP contribution in [0.4, 0.5) is 10.5 Å². The number of anilines is 1. The van der Waals surface area contributed by atoms with Gasteiger partial charge in [-0.15, -0.1) is 0 Å². The number of rotatable bonds is 2. The molecular weight excluding hydrogens is 372 g/mol. The highest BCUT2D eigenvalue weighted by atomic mass is 16.2. The summed E-state index contributed by atoms with van der Waals surface area (Å²) in [6, 6.07) is 19.2. The van der Waals surface area contributed by atoms with Crippen LogP contribution in [0.3, 0.4) is 0 Å². The molecule has 0 saturated carbocycles. The highest BCUT2D eigenvalue weighted by Gasteiger charge is 2.42. The summed E-state index contributed by atoms with van der Waals surface area (Å²) in [6.07, 6.45) is 3.93. The first kappa shape index (κ1) is 18.8. The van der Waals surface area contributed by atoms with Crippen LogP contribution < -0.4 is 10.6 Å². The van der Waals surface area contributed by atoms with Crippen molar-refractivity contribution in [1.82, 2.24) is 14.8 Å². The second-order valence-electron chi connectivity index (χ2n) is 8.62. The van der Waals surface area contributed by atoms with E-state index in [1.54, 1.807) is 0 Å². The van der Waals surface area contributed by atoms with Crippen LogP contribution in [-0.2, 0) is 12.1 Å². The molecule has 1 fully saturated rings. The number of carbonyl (C=O) groups excluding carboxylic acids is 1. The summed E-state index contributed by atoms with van der Waals surface area (Å²) in [5.74, 6) is 0. The summed E-state index contributed by atoms with van der Waals surface area (Å²) in [6.45, 7) is 6.23. The quantitative estimate of drug-likeness (QED) is 0.654. The SMILES string of the molecule is Cc1ccc(CNC(=O)N2CCC3(CC2)Nc2cc(C)ccc2-n2cccc23)cc1. The molecule has 30 heavy (non-hydrogen) atoms. The second kappa shape index (κ2) is 7.24. The van der Waals surface area contributed by atoms with Crippen molar-refractivity contribution in [2.75, 3.05) is 18.4 Å². The van der Waals surface area contributed by atoms with Crippen molar-refractivity contribution in [2.45, 2.75) is 38.8 Å². The molecule has 1 aromatic heterocycles. The fourth-order valence-corrected chi connectivity index (χ4v) is 4.73. The molecule has 3 heterocycles. The molecule has 1 spiro atoms. The molecule has 5 rings (SSSR count). The standard InChI is InChI=1S/C25H28N4O/c1-18-5-8-20(9-6-18)17-26-24(30)28-14-11-25(12-15-28)23-4-3-13-29(23)22-10-7-19(2)16-21(22)27-25/h3-10,13,16,27H,11-12,14-15,17H2,1-2H3,(H,26,30). The van der Waals surface area contributed by atoms with Crippen LogP contribution in [0.1, 0.15) is 35.2 Å². The van der Waals surface area contributed by atoms with E-state index in [1.807, 2.05) is 4.90 Å². The highest BCUT2D eigenvalue weighted by molar-refractivity contribution is 5.74. The Kier molecular flexibility index (Phi) is 4.54. The topological polar surface area (TPSA) is 49.3 Å². The van der Waals surface area contributed by atoms with Crippen molar-refractivity contribution < 1.29 is 4.79 Å². The predicted octanol–water partition coefficient (Wildman–Crippen LogP) is 4.72.